The number of H-pyrrole nitrogens is 1. The Bertz CT molecular complexity index is 1460. The first-order valence-electron chi connectivity index (χ1n) is 11.8. The fourth-order valence-corrected chi connectivity index (χ4v) is 6.20. The molecule has 1 aromatic rings. The standard InChI is InChI=1S/C19H28N4O18P2.2Na/c1-6(24)20-10-11(21-7(2)25)18(39-15(13(10)28)17(30)31)40-43(35,36)41-42(33,34)37-5-8-12(27)14(29)16(38-8)23-4-3-9(26)22-19(23)32;;/h3-4,8,10-16,18,27-29H,5H2,1-2H3,(H,20,24)(H,21,25)(H,30,31)(H,33,34)(H,35,36)(H,22,26,32);;/q;2*+1/p-2/t8-,10-,11+,12-,13+,14-,15+,16-,18-;;/m1../s1. The third kappa shape index (κ3) is 11.1. The van der Waals surface area contributed by atoms with Gasteiger partial charge in [-0.15, -0.1) is 0 Å². The van der Waals surface area contributed by atoms with Crippen LogP contribution in [-0.4, -0.2) is 113 Å². The summed E-state index contributed by atoms with van der Waals surface area (Å²) >= 11 is 0. The maximum atomic E-state index is 12.6. The van der Waals surface area contributed by atoms with E-state index >= 15 is 0 Å². The molecule has 45 heavy (non-hydrogen) atoms. The molecule has 0 radical (unpaired) electrons. The number of aliphatic carboxylic acids is 1. The summed E-state index contributed by atoms with van der Waals surface area (Å²) in [5.74, 6) is -3.82. The third-order valence-electron chi connectivity index (χ3n) is 5.78. The van der Waals surface area contributed by atoms with Crippen molar-refractivity contribution in [1.82, 2.24) is 9.55 Å². The Kier molecular flexibility index (Phi) is 15.9. The molecular weight excluding hydrogens is 680 g/mol. The van der Waals surface area contributed by atoms with Crippen molar-refractivity contribution in [1.29, 1.82) is 0 Å². The molecule has 1 aromatic heterocycles. The van der Waals surface area contributed by atoms with Crippen LogP contribution >= 0.6 is 15.6 Å². The molecule has 2 saturated heterocycles. The topological polar surface area (TPSA) is 344 Å². The summed E-state index contributed by atoms with van der Waals surface area (Å²) in [5.41, 5.74) is -1.81. The zero-order chi connectivity index (χ0) is 32.4. The van der Waals surface area contributed by atoms with Gasteiger partial charge in [-0.25, -0.2) is 18.7 Å². The molecule has 0 amide bonds. The number of rotatable bonds is 11. The smallest absolute Gasteiger partial charge is 0.862 e. The summed E-state index contributed by atoms with van der Waals surface area (Å²) in [6.07, 6.45) is -12.7. The fraction of sp³-hybridized carbons (Fsp3) is 0.632. The van der Waals surface area contributed by atoms with Crippen molar-refractivity contribution in [2.24, 2.45) is 9.98 Å². The van der Waals surface area contributed by atoms with E-state index in [1.54, 1.807) is 0 Å². The van der Waals surface area contributed by atoms with Crippen molar-refractivity contribution in [2.45, 2.75) is 69.0 Å². The minimum absolute atomic E-state index is 0. The SMILES string of the molecule is CC([O-])=N[C@@H]1[C@@H](OP(=O)(O)OP(=O)(O)OC[C@H]2O[C@@H](n3ccc(=O)[nH]c3=O)[C@H](O)[C@@H]2O)O[C@H](C(=O)O)[C@@H](O)[C@@H]1N=C(C)[O-].[Na+].[Na+]. The first kappa shape index (κ1) is 42.2. The van der Waals surface area contributed by atoms with Gasteiger partial charge in [0.05, 0.1) is 6.61 Å². The molecule has 0 aliphatic carbocycles. The normalized spacial score (nSPS) is 33.3. The average Bonchev–Trinajstić information content (AvgIpc) is 3.13. The van der Waals surface area contributed by atoms with Crippen molar-refractivity contribution in [3.05, 3.63) is 33.1 Å². The molecule has 242 valence electrons. The van der Waals surface area contributed by atoms with Crippen LogP contribution in [0.3, 0.4) is 0 Å². The number of phosphoric ester groups is 2. The van der Waals surface area contributed by atoms with Crippen LogP contribution in [0.2, 0.25) is 0 Å². The molecule has 2 fully saturated rings. The number of carboxylic acids is 1. The number of carboxylic acid groups (broad SMARTS) is 1. The van der Waals surface area contributed by atoms with Gasteiger partial charge in [0.25, 0.3) is 5.56 Å². The van der Waals surface area contributed by atoms with Gasteiger partial charge < -0.3 is 49.9 Å². The second-order valence-corrected chi connectivity index (χ2v) is 12.0. The van der Waals surface area contributed by atoms with Crippen LogP contribution in [0.5, 0.6) is 0 Å². The Balaban J connectivity index is 0.00000506. The molecule has 0 bridgehead atoms. The first-order chi connectivity index (χ1) is 19.8. The number of hydrogen-bond donors (Lipinski definition) is 7. The van der Waals surface area contributed by atoms with E-state index in [2.05, 4.69) is 23.3 Å². The Morgan fingerprint density at radius 2 is 1.58 bits per heavy atom. The maximum Gasteiger partial charge on any atom is 1.00 e. The number of phosphoric acid groups is 2. The molecule has 2 aliphatic heterocycles. The summed E-state index contributed by atoms with van der Waals surface area (Å²) < 4.78 is 49.3. The van der Waals surface area contributed by atoms with Crippen LogP contribution in [0, 0.1) is 0 Å². The monoisotopic (exact) mass is 706 g/mol. The molecule has 0 aromatic carbocycles. The van der Waals surface area contributed by atoms with Crippen LogP contribution in [0.4, 0.5) is 0 Å². The molecule has 22 nitrogen and oxygen atoms in total. The molecule has 2 unspecified atom stereocenters. The van der Waals surface area contributed by atoms with Crippen LogP contribution in [0.1, 0.15) is 20.1 Å². The summed E-state index contributed by atoms with van der Waals surface area (Å²) in [5, 5.41) is 63.4. The molecule has 3 rings (SSSR count). The van der Waals surface area contributed by atoms with Gasteiger partial charge in [0.2, 0.25) is 0 Å². The minimum Gasteiger partial charge on any atom is -0.862 e. The summed E-state index contributed by atoms with van der Waals surface area (Å²) in [6, 6.07) is -2.87. The number of aliphatic imine (C=N–C) groups is 2. The van der Waals surface area contributed by atoms with Gasteiger partial charge in [0.1, 0.15) is 36.5 Å². The summed E-state index contributed by atoms with van der Waals surface area (Å²) in [7, 11) is -11.5. The summed E-state index contributed by atoms with van der Waals surface area (Å²) in [4.78, 5) is 63.8. The molecule has 2 aliphatic rings. The third-order valence-corrected chi connectivity index (χ3v) is 8.38. The van der Waals surface area contributed by atoms with Crippen molar-refractivity contribution in [3.63, 3.8) is 0 Å². The van der Waals surface area contributed by atoms with E-state index < -0.39 is 106 Å². The van der Waals surface area contributed by atoms with Gasteiger partial charge in [-0.1, -0.05) is 0 Å². The Labute approximate surface area is 296 Å². The predicted molar refractivity (Wildman–Crippen MR) is 131 cm³/mol. The van der Waals surface area contributed by atoms with Crippen molar-refractivity contribution in [2.75, 3.05) is 6.61 Å². The predicted octanol–water partition coefficient (Wildman–Crippen LogP) is -11.1. The number of aliphatic hydroxyl groups is 3. The van der Waals surface area contributed by atoms with E-state index in [-0.39, 0.29) is 59.1 Å². The van der Waals surface area contributed by atoms with E-state index in [9.17, 15) is 63.9 Å². The molecule has 11 atom stereocenters. The number of ether oxygens (including phenoxy) is 2. The Morgan fingerprint density at radius 1 is 1.00 bits per heavy atom. The number of carbonyl (C=O) groups is 1. The van der Waals surface area contributed by atoms with Gasteiger partial charge >= 0.3 is 86.4 Å². The minimum atomic E-state index is -5.83. The van der Waals surface area contributed by atoms with Crippen LogP contribution in [-0.2, 0) is 36.8 Å². The van der Waals surface area contributed by atoms with Gasteiger partial charge in [0.15, 0.2) is 18.6 Å². The second-order valence-electron chi connectivity index (χ2n) is 9.01. The molecular formula is C19H26N4Na2O18P2. The first-order valence-corrected chi connectivity index (χ1v) is 14.8. The second kappa shape index (κ2) is 17.0. The molecule has 3 heterocycles. The number of nitrogens with zero attached hydrogens (tertiary/aromatic N) is 3. The largest absolute Gasteiger partial charge is 1.00 e. The van der Waals surface area contributed by atoms with Crippen molar-refractivity contribution >= 4 is 33.4 Å². The van der Waals surface area contributed by atoms with Gasteiger partial charge in [-0.3, -0.25) is 33.4 Å². The van der Waals surface area contributed by atoms with Crippen molar-refractivity contribution < 1.29 is 136 Å². The number of aromatic nitrogens is 2. The fourth-order valence-electron chi connectivity index (χ4n) is 4.05. The Hall–Kier alpha value is -0.850. The van der Waals surface area contributed by atoms with Gasteiger partial charge in [0, 0.05) is 12.3 Å². The van der Waals surface area contributed by atoms with Gasteiger partial charge in [-0.2, -0.15) is 4.31 Å². The van der Waals surface area contributed by atoms with Gasteiger partial charge in [-0.05, 0) is 25.6 Å². The van der Waals surface area contributed by atoms with E-state index in [0.717, 1.165) is 26.1 Å². The van der Waals surface area contributed by atoms with E-state index in [1.165, 1.54) is 0 Å². The zero-order valence-electron chi connectivity index (χ0n) is 23.9. The molecule has 0 saturated carbocycles. The maximum absolute atomic E-state index is 12.6. The van der Waals surface area contributed by atoms with Crippen LogP contribution in [0.25, 0.3) is 0 Å². The van der Waals surface area contributed by atoms with E-state index in [4.69, 9.17) is 9.47 Å². The summed E-state index contributed by atoms with van der Waals surface area (Å²) in [6.45, 7) is 0.690. The van der Waals surface area contributed by atoms with Crippen molar-refractivity contribution in [3.8, 4) is 0 Å². The zero-order valence-corrected chi connectivity index (χ0v) is 29.7. The quantitative estimate of drug-likeness (QED) is 0.0486. The van der Waals surface area contributed by atoms with E-state index in [0.29, 0.717) is 4.57 Å². The number of nitrogens with one attached hydrogen (secondary N) is 1. The number of aromatic amines is 1. The number of hydrogen-bond acceptors (Lipinski definition) is 17. The number of aliphatic hydroxyl groups excluding tert-OH is 3. The average molecular weight is 706 g/mol. The van der Waals surface area contributed by atoms with E-state index in [1.807, 2.05) is 4.98 Å². The Morgan fingerprint density at radius 3 is 2.11 bits per heavy atom. The molecule has 26 heteroatoms. The van der Waals surface area contributed by atoms with Crippen LogP contribution < -0.4 is 80.6 Å². The van der Waals surface area contributed by atoms with Crippen LogP contribution in [0.15, 0.2) is 31.8 Å². The molecule has 0 spiro atoms. The molecule has 7 N–H and O–H groups in total.